The monoisotopic (exact) mass is 271 g/mol. The summed E-state index contributed by atoms with van der Waals surface area (Å²) < 4.78 is 0. The topological polar surface area (TPSA) is 92.9 Å². The highest BCUT2D eigenvalue weighted by Crippen LogP contribution is 2.02. The fourth-order valence-electron chi connectivity index (χ4n) is 1.77. The zero-order valence-electron chi connectivity index (χ0n) is 11.0. The molecular formula is C14H17N5O. The summed E-state index contributed by atoms with van der Waals surface area (Å²) in [6.45, 7) is 0.593. The lowest BCUT2D eigenvalue weighted by atomic mass is 10.1. The van der Waals surface area contributed by atoms with Crippen molar-refractivity contribution in [2.45, 2.75) is 12.8 Å². The largest absolute Gasteiger partial charge is 0.351 e. The van der Waals surface area contributed by atoms with E-state index in [0.717, 1.165) is 12.8 Å². The van der Waals surface area contributed by atoms with E-state index in [9.17, 15) is 4.79 Å². The summed E-state index contributed by atoms with van der Waals surface area (Å²) in [7, 11) is 0. The van der Waals surface area contributed by atoms with Crippen molar-refractivity contribution >= 4 is 11.7 Å². The van der Waals surface area contributed by atoms with Crippen LogP contribution in [0.15, 0.2) is 42.7 Å². The zero-order chi connectivity index (χ0) is 14.2. The van der Waals surface area contributed by atoms with E-state index < -0.39 is 0 Å². The van der Waals surface area contributed by atoms with Gasteiger partial charge in [-0.15, -0.1) is 0 Å². The number of hydrogen-bond acceptors (Lipinski definition) is 5. The average molecular weight is 271 g/mol. The second kappa shape index (κ2) is 7.20. The Balaban J connectivity index is 1.77. The van der Waals surface area contributed by atoms with Gasteiger partial charge in [-0.05, 0) is 18.4 Å². The van der Waals surface area contributed by atoms with E-state index in [4.69, 9.17) is 5.84 Å². The van der Waals surface area contributed by atoms with E-state index in [0.29, 0.717) is 12.4 Å². The Kier molecular flexibility index (Phi) is 5.02. The molecule has 2 rings (SSSR count). The number of nitrogen functional groups attached to an aromatic ring is 1. The molecule has 0 bridgehead atoms. The minimum atomic E-state index is -0.248. The predicted molar refractivity (Wildman–Crippen MR) is 76.9 cm³/mol. The lowest BCUT2D eigenvalue weighted by Crippen LogP contribution is -2.26. The summed E-state index contributed by atoms with van der Waals surface area (Å²) >= 11 is 0. The maximum atomic E-state index is 11.8. The number of hydrogen-bond donors (Lipinski definition) is 3. The molecule has 0 saturated carbocycles. The second-order valence-corrected chi connectivity index (χ2v) is 4.28. The van der Waals surface area contributed by atoms with Gasteiger partial charge in [-0.25, -0.2) is 10.8 Å². The van der Waals surface area contributed by atoms with E-state index in [1.165, 1.54) is 18.0 Å². The van der Waals surface area contributed by atoms with Crippen molar-refractivity contribution in [2.24, 2.45) is 5.84 Å². The van der Waals surface area contributed by atoms with Gasteiger partial charge in [0.2, 0.25) is 0 Å². The molecule has 0 radical (unpaired) electrons. The molecule has 1 amide bonds. The first-order chi connectivity index (χ1) is 9.79. The molecule has 6 nitrogen and oxygen atoms in total. The number of hydrazine groups is 1. The van der Waals surface area contributed by atoms with Gasteiger partial charge in [0.25, 0.3) is 5.91 Å². The molecule has 0 aliphatic rings. The van der Waals surface area contributed by atoms with E-state index in [1.807, 2.05) is 18.2 Å². The SMILES string of the molecule is NNc1cncc(C(=O)NCCCc2ccccc2)n1. The van der Waals surface area contributed by atoms with Crippen molar-refractivity contribution in [3.05, 3.63) is 54.0 Å². The molecule has 1 aromatic heterocycles. The molecule has 4 N–H and O–H groups in total. The first-order valence-electron chi connectivity index (χ1n) is 6.40. The molecule has 0 atom stereocenters. The van der Waals surface area contributed by atoms with Gasteiger partial charge in [-0.1, -0.05) is 30.3 Å². The number of rotatable bonds is 6. The molecule has 104 valence electrons. The van der Waals surface area contributed by atoms with Crippen LogP contribution in [0.5, 0.6) is 0 Å². The van der Waals surface area contributed by atoms with Crippen molar-refractivity contribution in [1.29, 1.82) is 0 Å². The number of carbonyl (C=O) groups is 1. The van der Waals surface area contributed by atoms with Crippen molar-refractivity contribution in [3.8, 4) is 0 Å². The number of amides is 1. The third kappa shape index (κ3) is 4.03. The van der Waals surface area contributed by atoms with E-state index in [2.05, 4.69) is 32.8 Å². The van der Waals surface area contributed by atoms with E-state index in [-0.39, 0.29) is 11.6 Å². The number of benzene rings is 1. The highest BCUT2D eigenvalue weighted by atomic mass is 16.1. The van der Waals surface area contributed by atoms with Gasteiger partial charge < -0.3 is 10.7 Å². The van der Waals surface area contributed by atoms with Gasteiger partial charge in [0, 0.05) is 6.54 Å². The van der Waals surface area contributed by atoms with Crippen LogP contribution in [0, 0.1) is 0 Å². The molecule has 2 aromatic rings. The first-order valence-corrected chi connectivity index (χ1v) is 6.40. The van der Waals surface area contributed by atoms with Crippen LogP contribution in [0.2, 0.25) is 0 Å². The van der Waals surface area contributed by atoms with E-state index >= 15 is 0 Å². The number of aromatic nitrogens is 2. The van der Waals surface area contributed by atoms with Gasteiger partial charge in [-0.2, -0.15) is 0 Å². The lowest BCUT2D eigenvalue weighted by molar-refractivity contribution is 0.0948. The molecule has 0 fully saturated rings. The quantitative estimate of drug-likeness (QED) is 0.416. The summed E-state index contributed by atoms with van der Waals surface area (Å²) in [5.74, 6) is 5.34. The molecule has 6 heteroatoms. The number of nitrogens with two attached hydrogens (primary N) is 1. The number of carbonyl (C=O) groups excluding carboxylic acids is 1. The van der Waals surface area contributed by atoms with Gasteiger partial charge in [0.15, 0.2) is 5.82 Å². The Morgan fingerprint density at radius 2 is 2.00 bits per heavy atom. The normalized spacial score (nSPS) is 10.1. The molecule has 1 heterocycles. The van der Waals surface area contributed by atoms with Crippen molar-refractivity contribution in [2.75, 3.05) is 12.0 Å². The molecule has 0 aliphatic heterocycles. The number of nitrogens with one attached hydrogen (secondary N) is 2. The molecule has 0 unspecified atom stereocenters. The molecule has 0 spiro atoms. The predicted octanol–water partition coefficient (Wildman–Crippen LogP) is 1.12. The van der Waals surface area contributed by atoms with Crippen LogP contribution < -0.4 is 16.6 Å². The maximum Gasteiger partial charge on any atom is 0.271 e. The van der Waals surface area contributed by atoms with Crippen LogP contribution in [0.4, 0.5) is 5.82 Å². The van der Waals surface area contributed by atoms with Crippen LogP contribution in [0.3, 0.4) is 0 Å². The molecule has 0 saturated heterocycles. The molecule has 1 aromatic carbocycles. The minimum Gasteiger partial charge on any atom is -0.351 e. The summed E-state index contributed by atoms with van der Waals surface area (Å²) in [4.78, 5) is 19.7. The molecular weight excluding hydrogens is 254 g/mol. The molecule has 20 heavy (non-hydrogen) atoms. The fraction of sp³-hybridized carbons (Fsp3) is 0.214. The van der Waals surface area contributed by atoms with Crippen molar-refractivity contribution in [3.63, 3.8) is 0 Å². The van der Waals surface area contributed by atoms with Gasteiger partial charge in [-0.3, -0.25) is 9.78 Å². The first kappa shape index (κ1) is 14.0. The standard InChI is InChI=1S/C14H17N5O/c15-19-13-10-16-9-12(18-13)14(20)17-8-4-7-11-5-2-1-3-6-11/h1-3,5-6,9-10H,4,7-8,15H2,(H,17,20)(H,18,19). The third-order valence-electron chi connectivity index (χ3n) is 2.79. The number of nitrogens with zero attached hydrogens (tertiary/aromatic N) is 2. The zero-order valence-corrected chi connectivity index (χ0v) is 11.0. The Hall–Kier alpha value is -2.47. The summed E-state index contributed by atoms with van der Waals surface area (Å²) in [6.07, 6.45) is 4.66. The van der Waals surface area contributed by atoms with Crippen molar-refractivity contribution in [1.82, 2.24) is 15.3 Å². The Labute approximate surface area is 117 Å². The van der Waals surface area contributed by atoms with Crippen LogP contribution in [0.25, 0.3) is 0 Å². The maximum absolute atomic E-state index is 11.8. The van der Waals surface area contributed by atoms with Gasteiger partial charge in [0.1, 0.15) is 5.69 Å². The van der Waals surface area contributed by atoms with Gasteiger partial charge in [0.05, 0.1) is 12.4 Å². The lowest BCUT2D eigenvalue weighted by Gasteiger charge is -2.05. The third-order valence-corrected chi connectivity index (χ3v) is 2.79. The minimum absolute atomic E-state index is 0.248. The van der Waals surface area contributed by atoms with E-state index in [1.54, 1.807) is 0 Å². The van der Waals surface area contributed by atoms with Crippen LogP contribution in [-0.2, 0) is 6.42 Å². The summed E-state index contributed by atoms with van der Waals surface area (Å²) in [6, 6.07) is 10.2. The highest BCUT2D eigenvalue weighted by molar-refractivity contribution is 5.92. The van der Waals surface area contributed by atoms with Crippen LogP contribution >= 0.6 is 0 Å². The Bertz CT molecular complexity index is 559. The number of aryl methyl sites for hydroxylation is 1. The van der Waals surface area contributed by atoms with Crippen LogP contribution in [0.1, 0.15) is 22.5 Å². The number of anilines is 1. The average Bonchev–Trinajstić information content (AvgIpc) is 2.52. The van der Waals surface area contributed by atoms with Crippen molar-refractivity contribution < 1.29 is 4.79 Å². The second-order valence-electron chi connectivity index (χ2n) is 4.28. The highest BCUT2D eigenvalue weighted by Gasteiger charge is 2.07. The Morgan fingerprint density at radius 3 is 2.75 bits per heavy atom. The van der Waals surface area contributed by atoms with Crippen LogP contribution in [-0.4, -0.2) is 22.4 Å². The summed E-state index contributed by atoms with van der Waals surface area (Å²) in [5.41, 5.74) is 3.87. The fourth-order valence-corrected chi connectivity index (χ4v) is 1.77. The molecule has 0 aliphatic carbocycles. The Morgan fingerprint density at radius 1 is 1.20 bits per heavy atom. The smallest absolute Gasteiger partial charge is 0.271 e. The summed E-state index contributed by atoms with van der Waals surface area (Å²) in [5, 5.41) is 2.81. The van der Waals surface area contributed by atoms with Gasteiger partial charge >= 0.3 is 0 Å².